The van der Waals surface area contributed by atoms with Crippen molar-refractivity contribution < 1.29 is 10.2 Å². The molecule has 1 aromatic heterocycles. The molecule has 1 aromatic rings. The second-order valence-corrected chi connectivity index (χ2v) is 2.62. The minimum atomic E-state index is -0.753. The zero-order chi connectivity index (χ0) is 8.97. The summed E-state index contributed by atoms with van der Waals surface area (Å²) in [7, 11) is 0. The molecule has 0 aliphatic heterocycles. The van der Waals surface area contributed by atoms with Crippen molar-refractivity contribution in [3.63, 3.8) is 0 Å². The maximum absolute atomic E-state index is 9.05. The van der Waals surface area contributed by atoms with Gasteiger partial charge in [-0.05, 0) is 6.42 Å². The molecule has 0 amide bonds. The lowest BCUT2D eigenvalue weighted by Crippen LogP contribution is -2.20. The number of rotatable bonds is 4. The Balaban J connectivity index is 2.52. The molecule has 68 valence electrons. The summed E-state index contributed by atoms with van der Waals surface area (Å²) in [5.41, 5.74) is 0.889. The number of aliphatic hydroxyl groups excluding tert-OH is 2. The van der Waals surface area contributed by atoms with Crippen molar-refractivity contribution in [2.75, 3.05) is 6.61 Å². The van der Waals surface area contributed by atoms with Crippen molar-refractivity contribution in [2.45, 2.75) is 26.0 Å². The van der Waals surface area contributed by atoms with Crippen molar-refractivity contribution in [3.8, 4) is 0 Å². The Bertz CT molecular complexity index is 236. The monoisotopic (exact) mass is 171 g/mol. The van der Waals surface area contributed by atoms with Crippen LogP contribution in [0.25, 0.3) is 0 Å². The molecule has 5 heteroatoms. The minimum Gasteiger partial charge on any atom is -0.394 e. The topological polar surface area (TPSA) is 71.2 Å². The fourth-order valence-electron chi connectivity index (χ4n) is 0.863. The highest BCUT2D eigenvalue weighted by atomic mass is 16.3. The Morgan fingerprint density at radius 1 is 1.67 bits per heavy atom. The summed E-state index contributed by atoms with van der Waals surface area (Å²) in [5, 5.41) is 25.2. The van der Waals surface area contributed by atoms with E-state index in [0.29, 0.717) is 6.54 Å². The molecule has 1 unspecified atom stereocenters. The Morgan fingerprint density at radius 2 is 2.42 bits per heavy atom. The highest BCUT2D eigenvalue weighted by Crippen LogP contribution is 1.95. The predicted octanol–water partition coefficient (Wildman–Crippen LogP) is -0.806. The molecule has 0 saturated carbocycles. The van der Waals surface area contributed by atoms with Gasteiger partial charge in [-0.15, -0.1) is 5.10 Å². The molecule has 12 heavy (non-hydrogen) atoms. The third-order valence-corrected chi connectivity index (χ3v) is 1.56. The van der Waals surface area contributed by atoms with Gasteiger partial charge in [0.05, 0.1) is 24.9 Å². The van der Waals surface area contributed by atoms with Gasteiger partial charge in [0.15, 0.2) is 0 Å². The average Bonchev–Trinajstić information content (AvgIpc) is 2.52. The molecule has 0 aliphatic rings. The number of nitrogens with zero attached hydrogens (tertiary/aromatic N) is 3. The maximum Gasteiger partial charge on any atom is 0.0966 e. The van der Waals surface area contributed by atoms with Gasteiger partial charge < -0.3 is 10.2 Å². The van der Waals surface area contributed by atoms with E-state index in [1.54, 1.807) is 6.20 Å². The summed E-state index contributed by atoms with van der Waals surface area (Å²) in [6.45, 7) is 2.03. The Kier molecular flexibility index (Phi) is 3.19. The first-order chi connectivity index (χ1) is 5.76. The van der Waals surface area contributed by atoms with Gasteiger partial charge >= 0.3 is 0 Å². The molecule has 1 atom stereocenters. The smallest absolute Gasteiger partial charge is 0.0966 e. The predicted molar refractivity (Wildman–Crippen MR) is 42.5 cm³/mol. The maximum atomic E-state index is 9.05. The van der Waals surface area contributed by atoms with E-state index in [2.05, 4.69) is 10.3 Å². The lowest BCUT2D eigenvalue weighted by molar-refractivity contribution is 0.0778. The summed E-state index contributed by atoms with van der Waals surface area (Å²) in [6, 6.07) is 0. The molecule has 0 radical (unpaired) electrons. The highest BCUT2D eigenvalue weighted by molar-refractivity contribution is 4.90. The normalized spacial score (nSPS) is 13.2. The third kappa shape index (κ3) is 2.28. The highest BCUT2D eigenvalue weighted by Gasteiger charge is 2.04. The van der Waals surface area contributed by atoms with E-state index in [4.69, 9.17) is 10.2 Å². The van der Waals surface area contributed by atoms with Crippen LogP contribution in [0.2, 0.25) is 0 Å². The Labute approximate surface area is 70.6 Å². The molecule has 0 fully saturated rings. The lowest BCUT2D eigenvalue weighted by Gasteiger charge is -2.04. The van der Waals surface area contributed by atoms with E-state index in [0.717, 1.165) is 12.1 Å². The fraction of sp³-hybridized carbons (Fsp3) is 0.714. The molecule has 0 aliphatic carbocycles. The quantitative estimate of drug-likeness (QED) is 0.621. The van der Waals surface area contributed by atoms with E-state index in [1.807, 2.05) is 6.92 Å². The summed E-state index contributed by atoms with van der Waals surface area (Å²) in [6.07, 6.45) is 1.84. The first-order valence-electron chi connectivity index (χ1n) is 3.94. The van der Waals surface area contributed by atoms with Crippen LogP contribution in [0, 0.1) is 0 Å². The van der Waals surface area contributed by atoms with Gasteiger partial charge in [-0.3, -0.25) is 0 Å². The van der Waals surface area contributed by atoms with Crippen LogP contribution in [0.1, 0.15) is 12.6 Å². The second-order valence-electron chi connectivity index (χ2n) is 2.62. The van der Waals surface area contributed by atoms with E-state index in [9.17, 15) is 0 Å². The van der Waals surface area contributed by atoms with Crippen LogP contribution in [0.3, 0.4) is 0 Å². The van der Waals surface area contributed by atoms with Gasteiger partial charge in [-0.2, -0.15) is 0 Å². The number of hydrogen-bond donors (Lipinski definition) is 2. The molecule has 1 heterocycles. The van der Waals surface area contributed by atoms with Crippen LogP contribution in [0.15, 0.2) is 6.20 Å². The van der Waals surface area contributed by atoms with Gasteiger partial charge in [-0.1, -0.05) is 12.1 Å². The van der Waals surface area contributed by atoms with Crippen LogP contribution >= 0.6 is 0 Å². The number of aromatic nitrogens is 3. The molecule has 0 saturated heterocycles. The summed E-state index contributed by atoms with van der Waals surface area (Å²) >= 11 is 0. The Hall–Kier alpha value is -0.940. The third-order valence-electron chi connectivity index (χ3n) is 1.56. The minimum absolute atomic E-state index is 0.249. The molecule has 2 N–H and O–H groups in total. The second kappa shape index (κ2) is 4.18. The number of aryl methyl sites for hydroxylation is 1. The van der Waals surface area contributed by atoms with E-state index in [1.165, 1.54) is 4.68 Å². The molecular formula is C7H13N3O2. The van der Waals surface area contributed by atoms with Crippen LogP contribution < -0.4 is 0 Å². The summed E-state index contributed by atoms with van der Waals surface area (Å²) in [4.78, 5) is 0. The molecule has 1 rings (SSSR count). The summed E-state index contributed by atoms with van der Waals surface area (Å²) in [5.74, 6) is 0. The SMILES string of the molecule is CCc1cn(CC(O)CO)nn1. The molecule has 0 aromatic carbocycles. The fourth-order valence-corrected chi connectivity index (χ4v) is 0.863. The summed E-state index contributed by atoms with van der Waals surface area (Å²) < 4.78 is 1.53. The molecular weight excluding hydrogens is 158 g/mol. The van der Waals surface area contributed by atoms with Crippen molar-refractivity contribution >= 4 is 0 Å². The van der Waals surface area contributed by atoms with Gasteiger partial charge in [0.25, 0.3) is 0 Å². The number of aliphatic hydroxyl groups is 2. The van der Waals surface area contributed by atoms with E-state index < -0.39 is 6.10 Å². The Morgan fingerprint density at radius 3 is 2.92 bits per heavy atom. The lowest BCUT2D eigenvalue weighted by atomic mass is 10.3. The molecule has 0 bridgehead atoms. The first-order valence-corrected chi connectivity index (χ1v) is 3.94. The van der Waals surface area contributed by atoms with Gasteiger partial charge in [0.1, 0.15) is 0 Å². The molecule has 5 nitrogen and oxygen atoms in total. The number of hydrogen-bond acceptors (Lipinski definition) is 4. The first kappa shape index (κ1) is 9.15. The van der Waals surface area contributed by atoms with Crippen LogP contribution in [0.4, 0.5) is 0 Å². The van der Waals surface area contributed by atoms with Gasteiger partial charge in [0.2, 0.25) is 0 Å². The van der Waals surface area contributed by atoms with E-state index >= 15 is 0 Å². The van der Waals surface area contributed by atoms with E-state index in [-0.39, 0.29) is 6.61 Å². The van der Waals surface area contributed by atoms with Crippen LogP contribution in [-0.2, 0) is 13.0 Å². The van der Waals surface area contributed by atoms with Crippen molar-refractivity contribution in [3.05, 3.63) is 11.9 Å². The van der Waals surface area contributed by atoms with Gasteiger partial charge in [-0.25, -0.2) is 4.68 Å². The van der Waals surface area contributed by atoms with Crippen molar-refractivity contribution in [2.24, 2.45) is 0 Å². The van der Waals surface area contributed by atoms with Crippen molar-refractivity contribution in [1.82, 2.24) is 15.0 Å². The average molecular weight is 171 g/mol. The van der Waals surface area contributed by atoms with Gasteiger partial charge in [0, 0.05) is 6.20 Å². The zero-order valence-corrected chi connectivity index (χ0v) is 7.01. The standard InChI is InChI=1S/C7H13N3O2/c1-2-6-3-10(9-8-6)4-7(12)5-11/h3,7,11-12H,2,4-5H2,1H3. The van der Waals surface area contributed by atoms with Crippen molar-refractivity contribution in [1.29, 1.82) is 0 Å². The molecule has 0 spiro atoms. The zero-order valence-electron chi connectivity index (χ0n) is 7.01. The van der Waals surface area contributed by atoms with Crippen LogP contribution in [-0.4, -0.2) is 37.9 Å². The van der Waals surface area contributed by atoms with Crippen LogP contribution in [0.5, 0.6) is 0 Å². The largest absolute Gasteiger partial charge is 0.394 e.